The molecule has 112 valence electrons. The minimum atomic E-state index is -3.48. The van der Waals surface area contributed by atoms with Crippen molar-refractivity contribution in [1.29, 1.82) is 0 Å². The van der Waals surface area contributed by atoms with E-state index in [2.05, 4.69) is 13.8 Å². The molecule has 1 aromatic carbocycles. The largest absolute Gasteiger partial charge is 0.508 e. The third-order valence-corrected chi connectivity index (χ3v) is 6.63. The van der Waals surface area contributed by atoms with E-state index in [1.54, 1.807) is 10.4 Å². The Bertz CT molecular complexity index is 554. The first-order chi connectivity index (χ1) is 9.43. The highest BCUT2D eigenvalue weighted by atomic mass is 32.2. The molecular weight excluding hydrogens is 274 g/mol. The van der Waals surface area contributed by atoms with Gasteiger partial charge in [-0.25, -0.2) is 8.42 Å². The SMILES string of the molecule is CCC1(CC)CCN(S(=O)(=O)c2cccc(O)c2)CC1. The molecule has 1 aliphatic rings. The molecule has 4 nitrogen and oxygen atoms in total. The molecule has 0 spiro atoms. The molecule has 1 heterocycles. The number of phenols is 1. The molecule has 0 aromatic heterocycles. The van der Waals surface area contributed by atoms with Crippen molar-refractivity contribution in [3.8, 4) is 5.75 Å². The lowest BCUT2D eigenvalue weighted by molar-refractivity contribution is 0.141. The second-order valence-electron chi connectivity index (χ2n) is 5.61. The summed E-state index contributed by atoms with van der Waals surface area (Å²) in [5.41, 5.74) is 0.296. The average molecular weight is 297 g/mol. The van der Waals surface area contributed by atoms with Gasteiger partial charge in [-0.2, -0.15) is 4.31 Å². The summed E-state index contributed by atoms with van der Waals surface area (Å²) in [6, 6.07) is 5.90. The molecule has 0 atom stereocenters. The van der Waals surface area contributed by atoms with Gasteiger partial charge in [0.2, 0.25) is 10.0 Å². The fourth-order valence-corrected chi connectivity index (χ4v) is 4.43. The zero-order valence-electron chi connectivity index (χ0n) is 12.2. The minimum absolute atomic E-state index is 0.0143. The van der Waals surface area contributed by atoms with Crippen molar-refractivity contribution >= 4 is 10.0 Å². The zero-order valence-corrected chi connectivity index (χ0v) is 13.0. The van der Waals surface area contributed by atoms with Crippen LogP contribution in [0.15, 0.2) is 29.2 Å². The molecule has 2 rings (SSSR count). The summed E-state index contributed by atoms with van der Waals surface area (Å²) < 4.78 is 26.6. The van der Waals surface area contributed by atoms with E-state index >= 15 is 0 Å². The quantitative estimate of drug-likeness (QED) is 0.929. The molecule has 0 unspecified atom stereocenters. The van der Waals surface area contributed by atoms with E-state index in [1.165, 1.54) is 18.2 Å². The van der Waals surface area contributed by atoms with E-state index in [1.807, 2.05) is 0 Å². The van der Waals surface area contributed by atoms with Crippen LogP contribution in [0.25, 0.3) is 0 Å². The maximum Gasteiger partial charge on any atom is 0.243 e. The average Bonchev–Trinajstić information content (AvgIpc) is 2.47. The maximum atomic E-state index is 12.5. The summed E-state index contributed by atoms with van der Waals surface area (Å²) in [5.74, 6) is -0.0143. The van der Waals surface area contributed by atoms with Crippen LogP contribution < -0.4 is 0 Å². The molecule has 5 heteroatoms. The number of aromatic hydroxyl groups is 1. The third-order valence-electron chi connectivity index (χ3n) is 4.74. The Labute approximate surface area is 121 Å². The van der Waals surface area contributed by atoms with Crippen molar-refractivity contribution in [2.45, 2.75) is 44.4 Å². The first-order valence-electron chi connectivity index (χ1n) is 7.23. The lowest BCUT2D eigenvalue weighted by Gasteiger charge is -2.40. The number of hydrogen-bond acceptors (Lipinski definition) is 3. The highest BCUT2D eigenvalue weighted by molar-refractivity contribution is 7.89. The van der Waals surface area contributed by atoms with Crippen molar-refractivity contribution < 1.29 is 13.5 Å². The zero-order chi connectivity index (χ0) is 14.8. The van der Waals surface area contributed by atoms with Crippen molar-refractivity contribution in [2.24, 2.45) is 5.41 Å². The van der Waals surface area contributed by atoms with Gasteiger partial charge in [-0.05, 0) is 36.5 Å². The number of hydrogen-bond donors (Lipinski definition) is 1. The second kappa shape index (κ2) is 5.74. The van der Waals surface area contributed by atoms with Gasteiger partial charge < -0.3 is 5.11 Å². The Morgan fingerprint density at radius 1 is 1.20 bits per heavy atom. The van der Waals surface area contributed by atoms with E-state index in [0.29, 0.717) is 18.5 Å². The Hall–Kier alpha value is -1.07. The van der Waals surface area contributed by atoms with Crippen LogP contribution in [-0.4, -0.2) is 30.9 Å². The van der Waals surface area contributed by atoms with E-state index in [9.17, 15) is 13.5 Å². The van der Waals surface area contributed by atoms with Crippen LogP contribution >= 0.6 is 0 Å². The Balaban J connectivity index is 2.17. The predicted molar refractivity (Wildman–Crippen MR) is 79.1 cm³/mol. The Kier molecular flexibility index (Phi) is 4.39. The lowest BCUT2D eigenvalue weighted by atomic mass is 9.75. The molecule has 1 aliphatic heterocycles. The normalized spacial score (nSPS) is 19.9. The summed E-state index contributed by atoms with van der Waals surface area (Å²) in [4.78, 5) is 0.179. The number of phenolic OH excluding ortho intramolecular Hbond substituents is 1. The van der Waals surface area contributed by atoms with Crippen LogP contribution in [-0.2, 0) is 10.0 Å². The van der Waals surface area contributed by atoms with Gasteiger partial charge in [0.25, 0.3) is 0 Å². The second-order valence-corrected chi connectivity index (χ2v) is 7.55. The molecule has 1 N–H and O–H groups in total. The lowest BCUT2D eigenvalue weighted by Crippen LogP contribution is -2.42. The van der Waals surface area contributed by atoms with Gasteiger partial charge in [0, 0.05) is 13.1 Å². The van der Waals surface area contributed by atoms with Gasteiger partial charge in [-0.1, -0.05) is 32.8 Å². The van der Waals surface area contributed by atoms with Crippen LogP contribution in [0.5, 0.6) is 5.75 Å². The highest BCUT2D eigenvalue weighted by Gasteiger charge is 2.36. The molecule has 0 aliphatic carbocycles. The monoisotopic (exact) mass is 297 g/mol. The van der Waals surface area contributed by atoms with Crippen LogP contribution in [0.2, 0.25) is 0 Å². The van der Waals surface area contributed by atoms with Gasteiger partial charge in [-0.15, -0.1) is 0 Å². The standard InChI is InChI=1S/C15H23NO3S/c1-3-15(4-2)8-10-16(11-9-15)20(18,19)14-7-5-6-13(17)12-14/h5-7,12,17H,3-4,8-11H2,1-2H3. The molecule has 1 aromatic rings. The topological polar surface area (TPSA) is 57.6 Å². The van der Waals surface area contributed by atoms with Gasteiger partial charge in [-0.3, -0.25) is 0 Å². The highest BCUT2D eigenvalue weighted by Crippen LogP contribution is 2.39. The number of benzene rings is 1. The van der Waals surface area contributed by atoms with E-state index in [0.717, 1.165) is 25.7 Å². The predicted octanol–water partition coefficient (Wildman–Crippen LogP) is 2.98. The summed E-state index contributed by atoms with van der Waals surface area (Å²) in [6.07, 6.45) is 4.03. The fraction of sp³-hybridized carbons (Fsp3) is 0.600. The summed E-state index contributed by atoms with van der Waals surface area (Å²) in [6.45, 7) is 5.51. The summed E-state index contributed by atoms with van der Waals surface area (Å²) in [7, 11) is -3.48. The molecule has 1 fully saturated rings. The van der Waals surface area contributed by atoms with Gasteiger partial charge in [0.05, 0.1) is 4.90 Å². The van der Waals surface area contributed by atoms with Crippen molar-refractivity contribution in [3.05, 3.63) is 24.3 Å². The molecule has 1 saturated heterocycles. The number of rotatable bonds is 4. The van der Waals surface area contributed by atoms with Crippen molar-refractivity contribution in [1.82, 2.24) is 4.31 Å². The first-order valence-corrected chi connectivity index (χ1v) is 8.67. The van der Waals surface area contributed by atoms with E-state index < -0.39 is 10.0 Å². The molecule has 20 heavy (non-hydrogen) atoms. The van der Waals surface area contributed by atoms with E-state index in [-0.39, 0.29) is 10.6 Å². The van der Waals surface area contributed by atoms with Gasteiger partial charge >= 0.3 is 0 Å². The molecular formula is C15H23NO3S. The van der Waals surface area contributed by atoms with E-state index in [4.69, 9.17) is 0 Å². The third kappa shape index (κ3) is 2.83. The molecule has 0 amide bonds. The number of piperidine rings is 1. The fourth-order valence-electron chi connectivity index (χ4n) is 2.95. The molecule has 0 saturated carbocycles. The van der Waals surface area contributed by atoms with Crippen LogP contribution in [0.4, 0.5) is 0 Å². The van der Waals surface area contributed by atoms with Crippen LogP contribution in [0, 0.1) is 5.41 Å². The summed E-state index contributed by atoms with van der Waals surface area (Å²) in [5, 5.41) is 9.45. The van der Waals surface area contributed by atoms with Gasteiger partial charge in [0.15, 0.2) is 0 Å². The van der Waals surface area contributed by atoms with Crippen molar-refractivity contribution in [2.75, 3.05) is 13.1 Å². The smallest absolute Gasteiger partial charge is 0.243 e. The minimum Gasteiger partial charge on any atom is -0.508 e. The van der Waals surface area contributed by atoms with Crippen LogP contribution in [0.1, 0.15) is 39.5 Å². The van der Waals surface area contributed by atoms with Crippen LogP contribution in [0.3, 0.4) is 0 Å². The number of sulfonamides is 1. The molecule has 0 radical (unpaired) electrons. The van der Waals surface area contributed by atoms with Gasteiger partial charge in [0.1, 0.15) is 5.75 Å². The van der Waals surface area contributed by atoms with Crippen molar-refractivity contribution in [3.63, 3.8) is 0 Å². The first kappa shape index (κ1) is 15.3. The number of nitrogens with zero attached hydrogens (tertiary/aromatic N) is 1. The maximum absolute atomic E-state index is 12.5. The summed E-state index contributed by atoms with van der Waals surface area (Å²) >= 11 is 0. The Morgan fingerprint density at radius 2 is 1.80 bits per heavy atom. The molecule has 0 bridgehead atoms. The Morgan fingerprint density at radius 3 is 2.30 bits per heavy atom.